The van der Waals surface area contributed by atoms with Gasteiger partial charge in [-0.05, 0) is 54.2 Å². The zero-order valence-corrected chi connectivity index (χ0v) is 20.1. The van der Waals surface area contributed by atoms with Crippen molar-refractivity contribution >= 4 is 11.3 Å². The number of hydrogen-bond donors (Lipinski definition) is 3. The summed E-state index contributed by atoms with van der Waals surface area (Å²) in [4.78, 5) is 9.05. The van der Waals surface area contributed by atoms with Crippen LogP contribution in [0, 0.1) is 0 Å². The third kappa shape index (κ3) is 5.96. The van der Waals surface area contributed by atoms with Gasteiger partial charge in [0, 0.05) is 12.7 Å². The van der Waals surface area contributed by atoms with Crippen molar-refractivity contribution in [2.75, 3.05) is 33.9 Å². The fourth-order valence-corrected chi connectivity index (χ4v) is 4.27. The van der Waals surface area contributed by atoms with E-state index in [2.05, 4.69) is 10.3 Å². The van der Waals surface area contributed by atoms with Crippen LogP contribution in [0.1, 0.15) is 5.56 Å². The van der Waals surface area contributed by atoms with Crippen molar-refractivity contribution in [2.24, 2.45) is 0 Å². The fourth-order valence-electron chi connectivity index (χ4n) is 3.58. The number of aromatic nitrogens is 2. The average Bonchev–Trinajstić information content (AvgIpc) is 3.58. The molecule has 8 heteroatoms. The van der Waals surface area contributed by atoms with Crippen LogP contribution in [0.4, 0.5) is 0 Å². The zero-order valence-electron chi connectivity index (χ0n) is 19.3. The summed E-state index contributed by atoms with van der Waals surface area (Å²) in [7, 11) is 3.25. The number of para-hydroxylation sites is 1. The fraction of sp³-hybridized carbons (Fsp3) is 0.269. The smallest absolute Gasteiger partial charge is 0.160 e. The van der Waals surface area contributed by atoms with Gasteiger partial charge < -0.3 is 29.6 Å². The Morgan fingerprint density at radius 1 is 1.03 bits per heavy atom. The molecule has 0 saturated carbocycles. The minimum absolute atomic E-state index is 0.179. The standard InChI is InChI=1S/C26H29N3O4S/c1-31-23-10-9-18(14-24(23)32-2)11-12-27-15-19(30)17-33-22-7-4-3-6-20(22)26-28-16-21(29-26)25-8-5-13-34-25/h3-10,13-14,16,19,27,30H,11-12,15,17H2,1-2H3,(H,28,29). The third-order valence-corrected chi connectivity index (χ3v) is 6.24. The third-order valence-electron chi connectivity index (χ3n) is 5.34. The number of benzene rings is 2. The van der Waals surface area contributed by atoms with Gasteiger partial charge in [0.05, 0.1) is 30.4 Å². The molecule has 4 rings (SSSR count). The van der Waals surface area contributed by atoms with Crippen LogP contribution in [0.3, 0.4) is 0 Å². The van der Waals surface area contributed by atoms with E-state index >= 15 is 0 Å². The number of nitrogens with zero attached hydrogens (tertiary/aromatic N) is 1. The SMILES string of the molecule is COc1ccc(CCNCC(O)COc2ccccc2-c2nc(-c3cccs3)c[nH]2)cc1OC. The molecule has 0 saturated heterocycles. The first-order valence-electron chi connectivity index (χ1n) is 11.1. The molecule has 4 aromatic rings. The zero-order chi connectivity index (χ0) is 23.8. The molecule has 2 aromatic heterocycles. The Kier molecular flexibility index (Phi) is 8.19. The summed E-state index contributed by atoms with van der Waals surface area (Å²) in [6.07, 6.45) is 2.06. The minimum Gasteiger partial charge on any atom is -0.493 e. The Hall–Kier alpha value is -3.33. The van der Waals surface area contributed by atoms with Crippen LogP contribution in [-0.4, -0.2) is 55.1 Å². The molecule has 0 aliphatic carbocycles. The summed E-state index contributed by atoms with van der Waals surface area (Å²) in [6, 6.07) is 17.6. The molecule has 178 valence electrons. The van der Waals surface area contributed by atoms with Crippen molar-refractivity contribution in [3.05, 3.63) is 71.7 Å². The molecule has 0 fully saturated rings. The average molecular weight is 480 g/mol. The van der Waals surface area contributed by atoms with Crippen LogP contribution in [0.25, 0.3) is 22.0 Å². The van der Waals surface area contributed by atoms with E-state index < -0.39 is 6.10 Å². The van der Waals surface area contributed by atoms with Crippen LogP contribution >= 0.6 is 11.3 Å². The minimum atomic E-state index is -0.642. The predicted molar refractivity (Wildman–Crippen MR) is 135 cm³/mol. The van der Waals surface area contributed by atoms with Crippen LogP contribution in [0.15, 0.2) is 66.2 Å². The lowest BCUT2D eigenvalue weighted by Crippen LogP contribution is -2.32. The normalized spacial score (nSPS) is 11.9. The Balaban J connectivity index is 1.27. The van der Waals surface area contributed by atoms with Gasteiger partial charge in [-0.3, -0.25) is 0 Å². The summed E-state index contributed by atoms with van der Waals surface area (Å²) in [5, 5.41) is 15.7. The van der Waals surface area contributed by atoms with Gasteiger partial charge in [0.15, 0.2) is 11.5 Å². The molecule has 0 aliphatic heterocycles. The second-order valence-corrected chi connectivity index (χ2v) is 8.66. The first-order chi connectivity index (χ1) is 16.7. The highest BCUT2D eigenvalue weighted by Crippen LogP contribution is 2.31. The number of aromatic amines is 1. The molecule has 3 N–H and O–H groups in total. The maximum atomic E-state index is 10.4. The van der Waals surface area contributed by atoms with E-state index in [4.69, 9.17) is 19.2 Å². The lowest BCUT2D eigenvalue weighted by molar-refractivity contribution is 0.107. The first kappa shape index (κ1) is 23.8. The van der Waals surface area contributed by atoms with E-state index in [1.165, 1.54) is 0 Å². The molecule has 0 amide bonds. The quantitative estimate of drug-likeness (QED) is 0.261. The lowest BCUT2D eigenvalue weighted by atomic mass is 10.1. The summed E-state index contributed by atoms with van der Waals surface area (Å²) in [5.41, 5.74) is 2.89. The summed E-state index contributed by atoms with van der Waals surface area (Å²) < 4.78 is 16.6. The van der Waals surface area contributed by atoms with Gasteiger partial charge in [-0.25, -0.2) is 4.98 Å². The molecule has 2 aromatic carbocycles. The van der Waals surface area contributed by atoms with Crippen molar-refractivity contribution in [3.8, 4) is 39.2 Å². The molecule has 1 atom stereocenters. The van der Waals surface area contributed by atoms with Gasteiger partial charge in [-0.2, -0.15) is 0 Å². The highest BCUT2D eigenvalue weighted by atomic mass is 32.1. The highest BCUT2D eigenvalue weighted by Gasteiger charge is 2.13. The Morgan fingerprint density at radius 3 is 2.68 bits per heavy atom. The van der Waals surface area contributed by atoms with Crippen LogP contribution in [-0.2, 0) is 6.42 Å². The summed E-state index contributed by atoms with van der Waals surface area (Å²) in [5.74, 6) is 2.84. The Bertz CT molecular complexity index is 1180. The van der Waals surface area contributed by atoms with Crippen LogP contribution < -0.4 is 19.5 Å². The van der Waals surface area contributed by atoms with Gasteiger partial charge in [0.2, 0.25) is 0 Å². The monoisotopic (exact) mass is 479 g/mol. The Morgan fingerprint density at radius 2 is 1.88 bits per heavy atom. The number of ether oxygens (including phenoxy) is 3. The van der Waals surface area contributed by atoms with E-state index in [1.54, 1.807) is 25.6 Å². The molecule has 0 bridgehead atoms. The maximum absolute atomic E-state index is 10.4. The number of nitrogens with one attached hydrogen (secondary N) is 2. The Labute approximate surface area is 203 Å². The van der Waals surface area contributed by atoms with Crippen LogP contribution in [0.2, 0.25) is 0 Å². The van der Waals surface area contributed by atoms with Crippen molar-refractivity contribution in [3.63, 3.8) is 0 Å². The molecule has 0 spiro atoms. The van der Waals surface area contributed by atoms with Crippen molar-refractivity contribution in [1.29, 1.82) is 0 Å². The van der Waals surface area contributed by atoms with Gasteiger partial charge in [0.1, 0.15) is 24.3 Å². The largest absolute Gasteiger partial charge is 0.493 e. The molecule has 0 aliphatic rings. The number of aliphatic hydroxyl groups is 1. The number of imidazole rings is 1. The van der Waals surface area contributed by atoms with Crippen molar-refractivity contribution < 1.29 is 19.3 Å². The second-order valence-electron chi connectivity index (χ2n) is 7.72. The summed E-state index contributed by atoms with van der Waals surface area (Å²) >= 11 is 1.65. The number of H-pyrrole nitrogens is 1. The first-order valence-corrected chi connectivity index (χ1v) is 12.0. The van der Waals surface area contributed by atoms with E-state index in [9.17, 15) is 5.11 Å². The number of methoxy groups -OCH3 is 2. The molecule has 7 nitrogen and oxygen atoms in total. The van der Waals surface area contributed by atoms with E-state index in [0.29, 0.717) is 23.8 Å². The van der Waals surface area contributed by atoms with Crippen molar-refractivity contribution in [2.45, 2.75) is 12.5 Å². The van der Waals surface area contributed by atoms with Crippen LogP contribution in [0.5, 0.6) is 17.2 Å². The van der Waals surface area contributed by atoms with E-state index in [-0.39, 0.29) is 6.61 Å². The number of aliphatic hydroxyl groups excluding tert-OH is 1. The number of hydrogen-bond acceptors (Lipinski definition) is 7. The van der Waals surface area contributed by atoms with Gasteiger partial charge in [-0.15, -0.1) is 11.3 Å². The highest BCUT2D eigenvalue weighted by molar-refractivity contribution is 7.13. The lowest BCUT2D eigenvalue weighted by Gasteiger charge is -2.15. The molecule has 2 heterocycles. The molecule has 34 heavy (non-hydrogen) atoms. The molecular formula is C26H29N3O4S. The van der Waals surface area contributed by atoms with Crippen molar-refractivity contribution in [1.82, 2.24) is 15.3 Å². The van der Waals surface area contributed by atoms with E-state index in [0.717, 1.165) is 40.5 Å². The predicted octanol–water partition coefficient (Wildman–Crippen LogP) is 4.39. The second kappa shape index (κ2) is 11.7. The number of thiophene rings is 1. The topological polar surface area (TPSA) is 88.6 Å². The summed E-state index contributed by atoms with van der Waals surface area (Å²) in [6.45, 7) is 1.33. The molecule has 1 unspecified atom stereocenters. The maximum Gasteiger partial charge on any atom is 0.160 e. The van der Waals surface area contributed by atoms with Gasteiger partial charge in [0.25, 0.3) is 0 Å². The van der Waals surface area contributed by atoms with E-state index in [1.807, 2.05) is 66.2 Å². The molecular weight excluding hydrogens is 450 g/mol. The van der Waals surface area contributed by atoms with Gasteiger partial charge in [-0.1, -0.05) is 24.3 Å². The number of rotatable bonds is 12. The molecule has 0 radical (unpaired) electrons. The van der Waals surface area contributed by atoms with Gasteiger partial charge >= 0.3 is 0 Å².